The summed E-state index contributed by atoms with van der Waals surface area (Å²) in [5.41, 5.74) is 2.00. The van der Waals surface area contributed by atoms with Crippen molar-refractivity contribution < 1.29 is 4.79 Å². The van der Waals surface area contributed by atoms with E-state index in [0.29, 0.717) is 28.1 Å². The van der Waals surface area contributed by atoms with Gasteiger partial charge in [-0.05, 0) is 30.5 Å². The topological polar surface area (TPSA) is 66.9 Å². The first-order valence-electron chi connectivity index (χ1n) is 7.09. The molecule has 2 rings (SSSR count). The minimum Gasteiger partial charge on any atom is -0.354 e. The SMILES string of the molecule is Cc1ccc(NC(=O)c2cnc(NCC(C)C)nc2)cc1Cl. The summed E-state index contributed by atoms with van der Waals surface area (Å²) in [7, 11) is 0. The predicted molar refractivity (Wildman–Crippen MR) is 89.5 cm³/mol. The van der Waals surface area contributed by atoms with E-state index in [0.717, 1.165) is 12.1 Å². The summed E-state index contributed by atoms with van der Waals surface area (Å²) in [5, 5.41) is 6.49. The summed E-state index contributed by atoms with van der Waals surface area (Å²) in [6, 6.07) is 5.38. The van der Waals surface area contributed by atoms with E-state index in [9.17, 15) is 4.79 Å². The van der Waals surface area contributed by atoms with E-state index in [1.54, 1.807) is 12.1 Å². The fourth-order valence-corrected chi connectivity index (χ4v) is 1.89. The number of carbonyl (C=O) groups excluding carboxylic acids is 1. The average Bonchev–Trinajstić information content (AvgIpc) is 2.49. The summed E-state index contributed by atoms with van der Waals surface area (Å²) in [6.07, 6.45) is 3.00. The minimum absolute atomic E-state index is 0.268. The molecule has 6 heteroatoms. The van der Waals surface area contributed by atoms with Crippen LogP contribution in [0.25, 0.3) is 0 Å². The average molecular weight is 319 g/mol. The van der Waals surface area contributed by atoms with Crippen LogP contribution in [0.15, 0.2) is 30.6 Å². The van der Waals surface area contributed by atoms with Gasteiger partial charge in [0.25, 0.3) is 5.91 Å². The first-order chi connectivity index (χ1) is 10.5. The largest absolute Gasteiger partial charge is 0.354 e. The van der Waals surface area contributed by atoms with Gasteiger partial charge < -0.3 is 10.6 Å². The van der Waals surface area contributed by atoms with Crippen molar-refractivity contribution >= 4 is 29.1 Å². The highest BCUT2D eigenvalue weighted by molar-refractivity contribution is 6.31. The number of rotatable bonds is 5. The van der Waals surface area contributed by atoms with Crippen LogP contribution in [0, 0.1) is 12.8 Å². The van der Waals surface area contributed by atoms with Gasteiger partial charge in [0.2, 0.25) is 5.95 Å². The third-order valence-corrected chi connectivity index (χ3v) is 3.42. The zero-order valence-electron chi connectivity index (χ0n) is 12.9. The van der Waals surface area contributed by atoms with Crippen LogP contribution in [0.5, 0.6) is 0 Å². The Balaban J connectivity index is 2.01. The highest BCUT2D eigenvalue weighted by Gasteiger charge is 2.08. The molecule has 0 saturated carbocycles. The highest BCUT2D eigenvalue weighted by Crippen LogP contribution is 2.20. The number of aromatic nitrogens is 2. The number of hydrogen-bond acceptors (Lipinski definition) is 4. The fourth-order valence-electron chi connectivity index (χ4n) is 1.71. The van der Waals surface area contributed by atoms with E-state index in [-0.39, 0.29) is 5.91 Å². The van der Waals surface area contributed by atoms with Crippen molar-refractivity contribution in [2.45, 2.75) is 20.8 Å². The van der Waals surface area contributed by atoms with Crippen molar-refractivity contribution in [1.82, 2.24) is 9.97 Å². The number of benzene rings is 1. The molecule has 1 aromatic heterocycles. The molecule has 2 N–H and O–H groups in total. The molecule has 0 saturated heterocycles. The Morgan fingerprint density at radius 1 is 1.27 bits per heavy atom. The molecule has 1 amide bonds. The lowest BCUT2D eigenvalue weighted by Crippen LogP contribution is -2.14. The number of aryl methyl sites for hydroxylation is 1. The van der Waals surface area contributed by atoms with Crippen molar-refractivity contribution in [2.75, 3.05) is 17.2 Å². The van der Waals surface area contributed by atoms with Gasteiger partial charge in [-0.2, -0.15) is 0 Å². The van der Waals surface area contributed by atoms with Gasteiger partial charge in [-0.15, -0.1) is 0 Å². The third-order valence-electron chi connectivity index (χ3n) is 3.01. The number of carbonyl (C=O) groups is 1. The van der Waals surface area contributed by atoms with Crippen LogP contribution in [0.1, 0.15) is 29.8 Å². The zero-order chi connectivity index (χ0) is 16.1. The molecule has 22 heavy (non-hydrogen) atoms. The molecule has 2 aromatic rings. The molecular formula is C16H19ClN4O. The second-order valence-electron chi connectivity index (χ2n) is 5.49. The summed E-state index contributed by atoms with van der Waals surface area (Å²) < 4.78 is 0. The maximum Gasteiger partial charge on any atom is 0.258 e. The highest BCUT2D eigenvalue weighted by atomic mass is 35.5. The van der Waals surface area contributed by atoms with E-state index in [1.165, 1.54) is 12.4 Å². The number of anilines is 2. The molecule has 0 unspecified atom stereocenters. The lowest BCUT2D eigenvalue weighted by atomic mass is 10.2. The Morgan fingerprint density at radius 2 is 1.95 bits per heavy atom. The number of halogens is 1. The Bertz CT molecular complexity index is 656. The molecular weight excluding hydrogens is 300 g/mol. The fraction of sp³-hybridized carbons (Fsp3) is 0.312. The van der Waals surface area contributed by atoms with Crippen LogP contribution in [-0.4, -0.2) is 22.4 Å². The first-order valence-corrected chi connectivity index (χ1v) is 7.47. The number of hydrogen-bond donors (Lipinski definition) is 2. The van der Waals surface area contributed by atoms with Gasteiger partial charge in [-0.1, -0.05) is 31.5 Å². The van der Waals surface area contributed by atoms with Gasteiger partial charge in [-0.3, -0.25) is 4.79 Å². The van der Waals surface area contributed by atoms with Gasteiger partial charge in [0.1, 0.15) is 0 Å². The lowest BCUT2D eigenvalue weighted by Gasteiger charge is -2.08. The van der Waals surface area contributed by atoms with E-state index in [1.807, 2.05) is 13.0 Å². The molecule has 0 aliphatic heterocycles. The van der Waals surface area contributed by atoms with E-state index in [4.69, 9.17) is 11.6 Å². The Morgan fingerprint density at radius 3 is 2.55 bits per heavy atom. The van der Waals surface area contributed by atoms with Gasteiger partial charge in [0.15, 0.2) is 0 Å². The van der Waals surface area contributed by atoms with Crippen LogP contribution >= 0.6 is 11.6 Å². The smallest absolute Gasteiger partial charge is 0.258 e. The third kappa shape index (κ3) is 4.43. The van der Waals surface area contributed by atoms with Crippen molar-refractivity contribution in [3.05, 3.63) is 46.7 Å². The monoisotopic (exact) mass is 318 g/mol. The molecule has 116 valence electrons. The second kappa shape index (κ2) is 7.22. The van der Waals surface area contributed by atoms with Crippen LogP contribution < -0.4 is 10.6 Å². The van der Waals surface area contributed by atoms with Crippen LogP contribution in [0.4, 0.5) is 11.6 Å². The maximum absolute atomic E-state index is 12.1. The Hall–Kier alpha value is -2.14. The number of amides is 1. The molecule has 0 spiro atoms. The van der Waals surface area contributed by atoms with Gasteiger partial charge in [0.05, 0.1) is 5.56 Å². The van der Waals surface area contributed by atoms with E-state index in [2.05, 4.69) is 34.4 Å². The van der Waals surface area contributed by atoms with E-state index >= 15 is 0 Å². The molecule has 0 bridgehead atoms. The van der Waals surface area contributed by atoms with Crippen LogP contribution in [0.3, 0.4) is 0 Å². The maximum atomic E-state index is 12.1. The van der Waals surface area contributed by atoms with Crippen molar-refractivity contribution in [1.29, 1.82) is 0 Å². The Kier molecular flexibility index (Phi) is 5.33. The lowest BCUT2D eigenvalue weighted by molar-refractivity contribution is 0.102. The summed E-state index contributed by atoms with van der Waals surface area (Å²) in [6.45, 7) is 6.89. The van der Waals surface area contributed by atoms with Crippen molar-refractivity contribution in [3.63, 3.8) is 0 Å². The quantitative estimate of drug-likeness (QED) is 0.881. The molecule has 0 radical (unpaired) electrons. The minimum atomic E-state index is -0.268. The molecule has 0 atom stereocenters. The second-order valence-corrected chi connectivity index (χ2v) is 5.90. The molecule has 1 aromatic carbocycles. The normalized spacial score (nSPS) is 10.6. The Labute approximate surface area is 135 Å². The molecule has 0 fully saturated rings. The van der Waals surface area contributed by atoms with Gasteiger partial charge in [0, 0.05) is 29.6 Å². The van der Waals surface area contributed by atoms with Crippen molar-refractivity contribution in [2.24, 2.45) is 5.92 Å². The molecule has 1 heterocycles. The van der Waals surface area contributed by atoms with Crippen LogP contribution in [0.2, 0.25) is 5.02 Å². The van der Waals surface area contributed by atoms with Gasteiger partial charge >= 0.3 is 0 Å². The summed E-state index contributed by atoms with van der Waals surface area (Å²) in [5.74, 6) is 0.747. The summed E-state index contributed by atoms with van der Waals surface area (Å²) in [4.78, 5) is 20.4. The number of nitrogens with zero attached hydrogens (tertiary/aromatic N) is 2. The number of nitrogens with one attached hydrogen (secondary N) is 2. The predicted octanol–water partition coefficient (Wildman–Crippen LogP) is 3.76. The molecule has 5 nitrogen and oxygen atoms in total. The standard InChI is InChI=1S/C16H19ClN4O/c1-10(2)7-18-16-19-8-12(9-20-16)15(22)21-13-5-4-11(3)14(17)6-13/h4-6,8-10H,7H2,1-3H3,(H,21,22)(H,18,19,20). The van der Waals surface area contributed by atoms with Gasteiger partial charge in [-0.25, -0.2) is 9.97 Å². The first kappa shape index (κ1) is 16.2. The van der Waals surface area contributed by atoms with Crippen LogP contribution in [-0.2, 0) is 0 Å². The van der Waals surface area contributed by atoms with Crippen molar-refractivity contribution in [3.8, 4) is 0 Å². The molecule has 0 aliphatic rings. The molecule has 0 aliphatic carbocycles. The summed E-state index contributed by atoms with van der Waals surface area (Å²) >= 11 is 6.04. The van der Waals surface area contributed by atoms with E-state index < -0.39 is 0 Å². The zero-order valence-corrected chi connectivity index (χ0v) is 13.6.